The Labute approximate surface area is 167 Å². The Morgan fingerprint density at radius 2 is 1.67 bits per heavy atom. The smallest absolute Gasteiger partial charge is 0.241 e. The lowest BCUT2D eigenvalue weighted by Crippen LogP contribution is -2.43. The zero-order valence-electron chi connectivity index (χ0n) is 15.5. The maximum atomic E-state index is 12.4. The highest BCUT2D eigenvalue weighted by molar-refractivity contribution is 9.10. The average molecular weight is 432 g/mol. The molecular weight excluding hydrogens is 410 g/mol. The Morgan fingerprint density at radius 3 is 2.26 bits per heavy atom. The predicted molar refractivity (Wildman–Crippen MR) is 110 cm³/mol. The molecule has 0 aliphatic heterocycles. The summed E-state index contributed by atoms with van der Waals surface area (Å²) in [6, 6.07) is 13.5. The summed E-state index contributed by atoms with van der Waals surface area (Å²) in [4.78, 5) is 37.6. The van der Waals surface area contributed by atoms with E-state index in [-0.39, 0.29) is 24.1 Å². The summed E-state index contributed by atoms with van der Waals surface area (Å²) in [5.74, 6) is -0.478. The van der Waals surface area contributed by atoms with E-state index in [0.29, 0.717) is 16.9 Å². The van der Waals surface area contributed by atoms with E-state index in [1.54, 1.807) is 49.2 Å². The van der Waals surface area contributed by atoms with Crippen molar-refractivity contribution < 1.29 is 14.4 Å². The molecule has 1 atom stereocenters. The van der Waals surface area contributed by atoms with Gasteiger partial charge in [-0.25, -0.2) is 0 Å². The highest BCUT2D eigenvalue weighted by atomic mass is 79.9. The van der Waals surface area contributed by atoms with Crippen LogP contribution in [-0.4, -0.2) is 42.1 Å². The molecular formula is C20H22BrN3O3. The number of carbonyl (C=O) groups excluding carboxylic acids is 3. The third-order valence-corrected chi connectivity index (χ3v) is 4.83. The van der Waals surface area contributed by atoms with Gasteiger partial charge in [0.2, 0.25) is 11.8 Å². The first-order chi connectivity index (χ1) is 12.8. The lowest BCUT2D eigenvalue weighted by atomic mass is 10.1. The van der Waals surface area contributed by atoms with Crippen LogP contribution in [0.15, 0.2) is 53.0 Å². The van der Waals surface area contributed by atoms with Crippen molar-refractivity contribution in [3.8, 4) is 0 Å². The molecule has 142 valence electrons. The van der Waals surface area contributed by atoms with Gasteiger partial charge in [-0.3, -0.25) is 19.3 Å². The highest BCUT2D eigenvalue weighted by Gasteiger charge is 2.20. The molecule has 2 N–H and O–H groups in total. The van der Waals surface area contributed by atoms with E-state index in [0.717, 1.165) is 4.47 Å². The molecule has 0 heterocycles. The molecule has 0 spiro atoms. The van der Waals surface area contributed by atoms with E-state index in [2.05, 4.69) is 26.6 Å². The van der Waals surface area contributed by atoms with Crippen molar-refractivity contribution in [3.63, 3.8) is 0 Å². The fourth-order valence-corrected chi connectivity index (χ4v) is 2.73. The van der Waals surface area contributed by atoms with Gasteiger partial charge in [0.25, 0.3) is 0 Å². The minimum Gasteiger partial charge on any atom is -0.325 e. The molecule has 0 saturated heterocycles. The molecule has 0 radical (unpaired) electrons. The van der Waals surface area contributed by atoms with E-state index in [4.69, 9.17) is 0 Å². The van der Waals surface area contributed by atoms with Gasteiger partial charge in [0.1, 0.15) is 0 Å². The number of benzene rings is 2. The molecule has 0 aromatic heterocycles. The fourth-order valence-electron chi connectivity index (χ4n) is 2.35. The molecule has 0 fully saturated rings. The number of halogens is 1. The summed E-state index contributed by atoms with van der Waals surface area (Å²) in [5, 5.41) is 5.60. The zero-order valence-corrected chi connectivity index (χ0v) is 17.0. The van der Waals surface area contributed by atoms with Crippen LogP contribution in [0, 0.1) is 0 Å². The van der Waals surface area contributed by atoms with E-state index >= 15 is 0 Å². The average Bonchev–Trinajstić information content (AvgIpc) is 2.63. The fraction of sp³-hybridized carbons (Fsp3) is 0.250. The number of carbonyl (C=O) groups is 3. The van der Waals surface area contributed by atoms with Crippen LogP contribution >= 0.6 is 15.9 Å². The van der Waals surface area contributed by atoms with E-state index < -0.39 is 6.04 Å². The molecule has 2 rings (SSSR count). The molecule has 0 unspecified atom stereocenters. The first-order valence-electron chi connectivity index (χ1n) is 8.44. The molecule has 2 aromatic rings. The second-order valence-corrected chi connectivity index (χ2v) is 7.10. The molecule has 2 amide bonds. The quantitative estimate of drug-likeness (QED) is 0.656. The van der Waals surface area contributed by atoms with E-state index in [9.17, 15) is 14.4 Å². The van der Waals surface area contributed by atoms with Gasteiger partial charge in [0.05, 0.1) is 18.3 Å². The number of Topliss-reactive ketones (excluding diaryl/α,β-unsaturated/α-hetero) is 1. The molecule has 0 saturated carbocycles. The number of anilines is 2. The third kappa shape index (κ3) is 6.01. The maximum Gasteiger partial charge on any atom is 0.241 e. The molecule has 7 heteroatoms. The van der Waals surface area contributed by atoms with Gasteiger partial charge >= 0.3 is 0 Å². The number of likely N-dealkylation sites (N-methyl/N-ethyl adjacent to an activating group) is 1. The first kappa shape index (κ1) is 20.8. The first-order valence-corrected chi connectivity index (χ1v) is 9.23. The number of hydrogen-bond donors (Lipinski definition) is 2. The summed E-state index contributed by atoms with van der Waals surface area (Å²) in [6.45, 7) is 3.29. The maximum absolute atomic E-state index is 12.4. The van der Waals surface area contributed by atoms with Gasteiger partial charge < -0.3 is 10.6 Å². The Balaban J connectivity index is 1.90. The number of hydrogen-bond acceptors (Lipinski definition) is 4. The van der Waals surface area contributed by atoms with Gasteiger partial charge in [-0.15, -0.1) is 0 Å². The normalized spacial score (nSPS) is 11.7. The second-order valence-electron chi connectivity index (χ2n) is 6.24. The Morgan fingerprint density at radius 1 is 1.04 bits per heavy atom. The van der Waals surface area contributed by atoms with E-state index in [1.165, 1.54) is 6.92 Å². The van der Waals surface area contributed by atoms with Crippen LogP contribution < -0.4 is 10.6 Å². The SMILES string of the molecule is CC(=O)c1ccc(NC(=O)[C@H](C)N(C)CC(=O)Nc2ccccc2Br)cc1. The van der Waals surface area contributed by atoms with Crippen LogP contribution in [0.3, 0.4) is 0 Å². The van der Waals surface area contributed by atoms with Crippen LogP contribution in [0.4, 0.5) is 11.4 Å². The summed E-state index contributed by atoms with van der Waals surface area (Å²) in [7, 11) is 1.71. The van der Waals surface area contributed by atoms with Crippen molar-refractivity contribution >= 4 is 44.9 Å². The van der Waals surface area contributed by atoms with Crippen molar-refractivity contribution in [2.45, 2.75) is 19.9 Å². The van der Waals surface area contributed by atoms with Crippen LogP contribution in [-0.2, 0) is 9.59 Å². The van der Waals surface area contributed by atoms with Crippen molar-refractivity contribution in [3.05, 3.63) is 58.6 Å². The molecule has 2 aromatic carbocycles. The van der Waals surface area contributed by atoms with Gasteiger partial charge in [-0.2, -0.15) is 0 Å². The Bertz CT molecular complexity index is 837. The zero-order chi connectivity index (χ0) is 20.0. The second kappa shape index (κ2) is 9.43. The minimum absolute atomic E-state index is 0.0305. The number of nitrogens with zero attached hydrogens (tertiary/aromatic N) is 1. The summed E-state index contributed by atoms with van der Waals surface area (Å²) >= 11 is 3.38. The summed E-state index contributed by atoms with van der Waals surface area (Å²) < 4.78 is 0.792. The molecule has 0 aliphatic rings. The van der Waals surface area contributed by atoms with Crippen LogP contribution in [0.2, 0.25) is 0 Å². The lowest BCUT2D eigenvalue weighted by Gasteiger charge is -2.23. The lowest BCUT2D eigenvalue weighted by molar-refractivity contribution is -0.122. The van der Waals surface area contributed by atoms with Crippen molar-refractivity contribution in [1.82, 2.24) is 4.90 Å². The summed E-state index contributed by atoms with van der Waals surface area (Å²) in [6.07, 6.45) is 0. The van der Waals surface area contributed by atoms with Crippen LogP contribution in [0.1, 0.15) is 24.2 Å². The minimum atomic E-state index is -0.512. The van der Waals surface area contributed by atoms with Gasteiger partial charge in [-0.1, -0.05) is 12.1 Å². The molecule has 27 heavy (non-hydrogen) atoms. The predicted octanol–water partition coefficient (Wildman–Crippen LogP) is 3.55. The van der Waals surface area contributed by atoms with Crippen LogP contribution in [0.5, 0.6) is 0 Å². The van der Waals surface area contributed by atoms with Crippen molar-refractivity contribution in [1.29, 1.82) is 0 Å². The van der Waals surface area contributed by atoms with Crippen molar-refractivity contribution in [2.24, 2.45) is 0 Å². The molecule has 0 aliphatic carbocycles. The molecule has 6 nitrogen and oxygen atoms in total. The third-order valence-electron chi connectivity index (χ3n) is 4.14. The topological polar surface area (TPSA) is 78.5 Å². The number of nitrogens with one attached hydrogen (secondary N) is 2. The van der Waals surface area contributed by atoms with Crippen LogP contribution in [0.25, 0.3) is 0 Å². The van der Waals surface area contributed by atoms with E-state index in [1.807, 2.05) is 18.2 Å². The monoisotopic (exact) mass is 431 g/mol. The standard InChI is InChI=1S/C20H22BrN3O3/c1-13(20(27)22-16-10-8-15(9-11-16)14(2)25)24(3)12-19(26)23-18-7-5-4-6-17(18)21/h4-11,13H,12H2,1-3H3,(H,22,27)(H,23,26)/t13-/m0/s1. The van der Waals surface area contributed by atoms with Gasteiger partial charge in [-0.05, 0) is 73.2 Å². The Hall–Kier alpha value is -2.51. The number of amides is 2. The summed E-state index contributed by atoms with van der Waals surface area (Å²) in [5.41, 5.74) is 1.86. The van der Waals surface area contributed by atoms with Gasteiger partial charge in [0.15, 0.2) is 5.78 Å². The Kier molecular flexibility index (Phi) is 7.27. The van der Waals surface area contributed by atoms with Crippen molar-refractivity contribution in [2.75, 3.05) is 24.2 Å². The van der Waals surface area contributed by atoms with Gasteiger partial charge in [0, 0.05) is 15.7 Å². The largest absolute Gasteiger partial charge is 0.325 e. The number of para-hydroxylation sites is 1. The number of ketones is 1. The highest BCUT2D eigenvalue weighted by Crippen LogP contribution is 2.21. The molecule has 0 bridgehead atoms. The number of rotatable bonds is 7.